The molecule has 0 aliphatic heterocycles. The van der Waals surface area contributed by atoms with Gasteiger partial charge in [0.25, 0.3) is 0 Å². The molecule has 3 aromatic rings. The number of benzene rings is 2. The fraction of sp³-hybridized carbons (Fsp3) is 0. The second-order valence-corrected chi connectivity index (χ2v) is 4.90. The Balaban J connectivity index is 2.31. The molecule has 0 spiro atoms. The number of hydrogen-bond donors (Lipinski definition) is 1. The molecule has 0 bridgehead atoms. The number of carboxylic acid groups (broad SMARTS) is 1. The van der Waals surface area contributed by atoms with Crippen LogP contribution < -0.4 is 0 Å². The van der Waals surface area contributed by atoms with Crippen molar-refractivity contribution in [2.24, 2.45) is 0 Å². The highest BCUT2D eigenvalue weighted by Crippen LogP contribution is 2.26. The number of rotatable bonds is 2. The molecule has 1 aromatic heterocycles. The van der Waals surface area contributed by atoms with Crippen molar-refractivity contribution in [3.8, 4) is 5.69 Å². The number of aromatic carboxylic acids is 1. The highest BCUT2D eigenvalue weighted by Gasteiger charge is 2.13. The van der Waals surface area contributed by atoms with Crippen LogP contribution in [0.5, 0.6) is 0 Å². The molecule has 0 aliphatic rings. The molecule has 19 heavy (non-hydrogen) atoms. The lowest BCUT2D eigenvalue weighted by Gasteiger charge is -2.06. The topological polar surface area (TPSA) is 55.1 Å². The number of halogens is 1. The van der Waals surface area contributed by atoms with Crippen molar-refractivity contribution >= 4 is 32.9 Å². The van der Waals surface area contributed by atoms with E-state index in [-0.39, 0.29) is 5.56 Å². The quantitative estimate of drug-likeness (QED) is 0.787. The average molecular weight is 317 g/mol. The maximum Gasteiger partial charge on any atom is 0.337 e. The summed E-state index contributed by atoms with van der Waals surface area (Å²) in [6.07, 6.45) is 1.64. The van der Waals surface area contributed by atoms with Crippen LogP contribution in [0, 0.1) is 0 Å². The molecule has 1 heterocycles. The molecule has 0 radical (unpaired) electrons. The molecule has 5 heteroatoms. The van der Waals surface area contributed by atoms with Gasteiger partial charge in [-0.05, 0) is 40.2 Å². The first-order chi connectivity index (χ1) is 9.18. The van der Waals surface area contributed by atoms with Gasteiger partial charge in [0.15, 0.2) is 0 Å². The number of carbonyl (C=O) groups is 1. The Kier molecular flexibility index (Phi) is 2.83. The van der Waals surface area contributed by atoms with Crippen LogP contribution in [0.3, 0.4) is 0 Å². The number of nitrogens with zero attached hydrogens (tertiary/aromatic N) is 2. The molecule has 4 nitrogen and oxygen atoms in total. The number of imidazole rings is 1. The molecule has 2 aromatic carbocycles. The smallest absolute Gasteiger partial charge is 0.337 e. The van der Waals surface area contributed by atoms with E-state index in [1.54, 1.807) is 18.5 Å². The van der Waals surface area contributed by atoms with E-state index in [9.17, 15) is 4.79 Å². The third-order valence-electron chi connectivity index (χ3n) is 2.92. The van der Waals surface area contributed by atoms with Crippen LogP contribution >= 0.6 is 15.9 Å². The first kappa shape index (κ1) is 11.9. The molecule has 0 saturated heterocycles. The normalized spacial score (nSPS) is 10.8. The van der Waals surface area contributed by atoms with Gasteiger partial charge in [-0.1, -0.05) is 18.2 Å². The minimum Gasteiger partial charge on any atom is -0.478 e. The fourth-order valence-electron chi connectivity index (χ4n) is 2.05. The van der Waals surface area contributed by atoms with Crippen LogP contribution in [-0.4, -0.2) is 20.6 Å². The summed E-state index contributed by atoms with van der Waals surface area (Å²) in [5.41, 5.74) is 2.40. The van der Waals surface area contributed by atoms with Crippen molar-refractivity contribution in [2.45, 2.75) is 0 Å². The molecular weight excluding hydrogens is 308 g/mol. The van der Waals surface area contributed by atoms with Crippen LogP contribution in [0.2, 0.25) is 0 Å². The Bertz CT molecular complexity index is 780. The Hall–Kier alpha value is -2.14. The number of fused-ring (bicyclic) bond motifs is 1. The predicted molar refractivity (Wildman–Crippen MR) is 75.7 cm³/mol. The van der Waals surface area contributed by atoms with Gasteiger partial charge in [-0.3, -0.25) is 4.57 Å². The van der Waals surface area contributed by atoms with Gasteiger partial charge in [-0.25, -0.2) is 9.78 Å². The average Bonchev–Trinajstić information content (AvgIpc) is 2.82. The SMILES string of the molecule is O=C(O)c1cccc2c1ncn2-c1ccccc1Br. The summed E-state index contributed by atoms with van der Waals surface area (Å²) in [4.78, 5) is 15.4. The number of para-hydroxylation sites is 2. The van der Waals surface area contributed by atoms with Gasteiger partial charge >= 0.3 is 5.97 Å². The molecule has 0 aliphatic carbocycles. The van der Waals surface area contributed by atoms with E-state index < -0.39 is 5.97 Å². The lowest BCUT2D eigenvalue weighted by molar-refractivity contribution is 0.0699. The standard InChI is InChI=1S/C14H9BrN2O2/c15-10-5-1-2-6-11(10)17-8-16-13-9(14(18)19)4-3-7-12(13)17/h1-8H,(H,18,19). The second-order valence-electron chi connectivity index (χ2n) is 4.04. The lowest BCUT2D eigenvalue weighted by Crippen LogP contribution is -1.98. The maximum absolute atomic E-state index is 11.2. The molecule has 94 valence electrons. The molecule has 0 fully saturated rings. The van der Waals surface area contributed by atoms with Gasteiger partial charge in [0.1, 0.15) is 11.8 Å². The van der Waals surface area contributed by atoms with E-state index in [1.165, 1.54) is 0 Å². The van der Waals surface area contributed by atoms with Gasteiger partial charge in [-0.2, -0.15) is 0 Å². The lowest BCUT2D eigenvalue weighted by atomic mass is 10.2. The Morgan fingerprint density at radius 1 is 1.16 bits per heavy atom. The molecular formula is C14H9BrN2O2. The third-order valence-corrected chi connectivity index (χ3v) is 3.59. The van der Waals surface area contributed by atoms with Crippen molar-refractivity contribution in [2.75, 3.05) is 0 Å². The summed E-state index contributed by atoms with van der Waals surface area (Å²) in [5.74, 6) is -0.969. The summed E-state index contributed by atoms with van der Waals surface area (Å²) < 4.78 is 2.79. The van der Waals surface area contributed by atoms with Gasteiger partial charge in [0.2, 0.25) is 0 Å². The zero-order valence-electron chi connectivity index (χ0n) is 9.75. The molecule has 0 amide bonds. The van der Waals surface area contributed by atoms with Crippen molar-refractivity contribution in [3.63, 3.8) is 0 Å². The highest BCUT2D eigenvalue weighted by molar-refractivity contribution is 9.10. The number of aromatic nitrogens is 2. The van der Waals surface area contributed by atoms with Crippen LogP contribution in [0.1, 0.15) is 10.4 Å². The summed E-state index contributed by atoms with van der Waals surface area (Å²) in [6, 6.07) is 12.9. The Morgan fingerprint density at radius 3 is 2.68 bits per heavy atom. The van der Waals surface area contributed by atoms with Gasteiger partial charge in [0.05, 0.1) is 16.8 Å². The Morgan fingerprint density at radius 2 is 1.95 bits per heavy atom. The monoisotopic (exact) mass is 316 g/mol. The maximum atomic E-state index is 11.2. The number of hydrogen-bond acceptors (Lipinski definition) is 2. The highest BCUT2D eigenvalue weighted by atomic mass is 79.9. The van der Waals surface area contributed by atoms with Crippen LogP contribution in [0.4, 0.5) is 0 Å². The van der Waals surface area contributed by atoms with Gasteiger partial charge < -0.3 is 5.11 Å². The molecule has 1 N–H and O–H groups in total. The van der Waals surface area contributed by atoms with Crippen LogP contribution in [0.25, 0.3) is 16.7 Å². The Labute approximate surface area is 117 Å². The van der Waals surface area contributed by atoms with E-state index >= 15 is 0 Å². The minimum atomic E-state index is -0.969. The summed E-state index contributed by atoms with van der Waals surface area (Å²) in [7, 11) is 0. The second kappa shape index (κ2) is 4.51. The van der Waals surface area contributed by atoms with Crippen molar-refractivity contribution in [1.29, 1.82) is 0 Å². The summed E-state index contributed by atoms with van der Waals surface area (Å²) in [5, 5.41) is 9.16. The number of carboxylic acids is 1. The minimum absolute atomic E-state index is 0.211. The van der Waals surface area contributed by atoms with Crippen molar-refractivity contribution < 1.29 is 9.90 Å². The molecule has 0 saturated carbocycles. The van der Waals surface area contributed by atoms with Gasteiger partial charge in [0, 0.05) is 4.47 Å². The van der Waals surface area contributed by atoms with Crippen molar-refractivity contribution in [1.82, 2.24) is 9.55 Å². The zero-order chi connectivity index (χ0) is 13.4. The molecule has 3 rings (SSSR count). The largest absolute Gasteiger partial charge is 0.478 e. The first-order valence-corrected chi connectivity index (χ1v) is 6.42. The van der Waals surface area contributed by atoms with E-state index in [4.69, 9.17) is 5.11 Å². The third kappa shape index (κ3) is 1.92. The first-order valence-electron chi connectivity index (χ1n) is 5.63. The molecule has 0 unspecified atom stereocenters. The summed E-state index contributed by atoms with van der Waals surface area (Å²) >= 11 is 3.49. The van der Waals surface area contributed by atoms with Crippen molar-refractivity contribution in [3.05, 3.63) is 58.8 Å². The van der Waals surface area contributed by atoms with Crippen LogP contribution in [0.15, 0.2) is 53.3 Å². The fourth-order valence-corrected chi connectivity index (χ4v) is 2.53. The van der Waals surface area contributed by atoms with E-state index in [2.05, 4.69) is 20.9 Å². The van der Waals surface area contributed by atoms with E-state index in [0.29, 0.717) is 5.52 Å². The van der Waals surface area contributed by atoms with Gasteiger partial charge in [-0.15, -0.1) is 0 Å². The predicted octanol–water partition coefficient (Wildman–Crippen LogP) is 3.49. The molecule has 0 atom stereocenters. The van der Waals surface area contributed by atoms with E-state index in [1.807, 2.05) is 34.9 Å². The zero-order valence-corrected chi connectivity index (χ0v) is 11.3. The van der Waals surface area contributed by atoms with Crippen LogP contribution in [-0.2, 0) is 0 Å². The summed E-state index contributed by atoms with van der Waals surface area (Å²) in [6.45, 7) is 0. The van der Waals surface area contributed by atoms with E-state index in [0.717, 1.165) is 15.7 Å².